The molecule has 1 aromatic carbocycles. The van der Waals surface area contributed by atoms with Crippen LogP contribution in [0.5, 0.6) is 0 Å². The van der Waals surface area contributed by atoms with E-state index >= 15 is 0 Å². The largest absolute Gasteiger partial charge is 0.383 e. The summed E-state index contributed by atoms with van der Waals surface area (Å²) in [4.78, 5) is 11.8. The van der Waals surface area contributed by atoms with E-state index < -0.39 is 0 Å². The van der Waals surface area contributed by atoms with Crippen molar-refractivity contribution in [1.82, 2.24) is 5.32 Å². The summed E-state index contributed by atoms with van der Waals surface area (Å²) in [5.41, 5.74) is 1.81. The van der Waals surface area contributed by atoms with Gasteiger partial charge in [0, 0.05) is 23.3 Å². The van der Waals surface area contributed by atoms with Gasteiger partial charge >= 0.3 is 0 Å². The zero-order valence-corrected chi connectivity index (χ0v) is 12.1. The van der Waals surface area contributed by atoms with Gasteiger partial charge in [-0.2, -0.15) is 0 Å². The van der Waals surface area contributed by atoms with Gasteiger partial charge in [0.05, 0.1) is 0 Å². The molecule has 3 nitrogen and oxygen atoms in total. The van der Waals surface area contributed by atoms with E-state index in [1.165, 1.54) is 19.3 Å². The summed E-state index contributed by atoms with van der Waals surface area (Å²) >= 11 is 0. The Morgan fingerprint density at radius 3 is 2.37 bits per heavy atom. The highest BCUT2D eigenvalue weighted by Gasteiger charge is 2.23. The first-order valence-electron chi connectivity index (χ1n) is 7.22. The van der Waals surface area contributed by atoms with E-state index in [-0.39, 0.29) is 11.9 Å². The van der Waals surface area contributed by atoms with E-state index in [0.717, 1.165) is 11.6 Å². The predicted octanol–water partition coefficient (Wildman–Crippen LogP) is 3.43. The first-order chi connectivity index (χ1) is 9.04. The van der Waals surface area contributed by atoms with Gasteiger partial charge in [-0.15, -0.1) is 0 Å². The molecule has 2 rings (SSSR count). The zero-order chi connectivity index (χ0) is 13.8. The molecule has 1 aromatic rings. The van der Waals surface area contributed by atoms with E-state index in [0.29, 0.717) is 11.6 Å². The maximum absolute atomic E-state index is 11.8. The standard InChI is InChI=1S/C16H24N2O/c1-11(2)17-16(19)14-6-8-15(9-7-14)18-12(3)10-13-4-5-13/h6-9,11-13,18H,4-5,10H2,1-3H3,(H,17,19). The van der Waals surface area contributed by atoms with Crippen LogP contribution in [0.2, 0.25) is 0 Å². The number of anilines is 1. The molecule has 19 heavy (non-hydrogen) atoms. The molecule has 0 saturated heterocycles. The van der Waals surface area contributed by atoms with Crippen LogP contribution >= 0.6 is 0 Å². The highest BCUT2D eigenvalue weighted by atomic mass is 16.1. The smallest absolute Gasteiger partial charge is 0.251 e. The van der Waals surface area contributed by atoms with Crippen LogP contribution in [0.25, 0.3) is 0 Å². The minimum Gasteiger partial charge on any atom is -0.383 e. The van der Waals surface area contributed by atoms with Crippen molar-refractivity contribution in [1.29, 1.82) is 0 Å². The van der Waals surface area contributed by atoms with Gasteiger partial charge in [0.2, 0.25) is 0 Å². The second-order valence-corrected chi connectivity index (χ2v) is 5.93. The van der Waals surface area contributed by atoms with E-state index in [1.54, 1.807) is 0 Å². The number of benzene rings is 1. The average Bonchev–Trinajstić information content (AvgIpc) is 3.12. The van der Waals surface area contributed by atoms with Crippen molar-refractivity contribution in [3.63, 3.8) is 0 Å². The Bertz CT molecular complexity index is 421. The molecule has 1 aliphatic carbocycles. The van der Waals surface area contributed by atoms with Gasteiger partial charge in [0.1, 0.15) is 0 Å². The van der Waals surface area contributed by atoms with Crippen molar-refractivity contribution in [2.24, 2.45) is 5.92 Å². The number of carbonyl (C=O) groups excluding carboxylic acids is 1. The summed E-state index contributed by atoms with van der Waals surface area (Å²) in [5.74, 6) is 0.922. The quantitative estimate of drug-likeness (QED) is 0.822. The van der Waals surface area contributed by atoms with Crippen molar-refractivity contribution in [3.8, 4) is 0 Å². The number of rotatable bonds is 6. The fourth-order valence-corrected chi connectivity index (χ4v) is 2.26. The van der Waals surface area contributed by atoms with Crippen LogP contribution in [0.1, 0.15) is 50.4 Å². The normalized spacial score (nSPS) is 16.2. The third kappa shape index (κ3) is 4.58. The van der Waals surface area contributed by atoms with Crippen LogP contribution in [-0.4, -0.2) is 18.0 Å². The zero-order valence-electron chi connectivity index (χ0n) is 12.1. The Balaban J connectivity index is 1.88. The van der Waals surface area contributed by atoms with Crippen molar-refractivity contribution in [2.75, 3.05) is 5.32 Å². The van der Waals surface area contributed by atoms with Crippen molar-refractivity contribution < 1.29 is 4.79 Å². The Morgan fingerprint density at radius 1 is 1.21 bits per heavy atom. The molecule has 0 heterocycles. The van der Waals surface area contributed by atoms with Gasteiger partial charge in [-0.3, -0.25) is 4.79 Å². The lowest BCUT2D eigenvalue weighted by molar-refractivity contribution is 0.0943. The Labute approximate surface area is 115 Å². The van der Waals surface area contributed by atoms with Crippen molar-refractivity contribution in [2.45, 2.75) is 52.1 Å². The number of amides is 1. The van der Waals surface area contributed by atoms with Gasteiger partial charge in [-0.05, 0) is 57.4 Å². The second kappa shape index (κ2) is 6.09. The number of carbonyl (C=O) groups is 1. The summed E-state index contributed by atoms with van der Waals surface area (Å²) < 4.78 is 0. The molecular formula is C16H24N2O. The third-order valence-electron chi connectivity index (χ3n) is 3.36. The van der Waals surface area contributed by atoms with E-state index in [4.69, 9.17) is 0 Å². The van der Waals surface area contributed by atoms with Crippen LogP contribution in [0.3, 0.4) is 0 Å². The molecule has 1 amide bonds. The Morgan fingerprint density at radius 2 is 1.84 bits per heavy atom. The lowest BCUT2D eigenvalue weighted by Gasteiger charge is -2.15. The summed E-state index contributed by atoms with van der Waals surface area (Å²) in [6.45, 7) is 6.15. The minimum absolute atomic E-state index is 0.00687. The summed E-state index contributed by atoms with van der Waals surface area (Å²) in [6, 6.07) is 8.40. The molecule has 0 aromatic heterocycles. The minimum atomic E-state index is -0.00687. The molecular weight excluding hydrogens is 236 g/mol. The van der Waals surface area contributed by atoms with Gasteiger partial charge < -0.3 is 10.6 Å². The van der Waals surface area contributed by atoms with E-state index in [9.17, 15) is 4.79 Å². The first-order valence-corrected chi connectivity index (χ1v) is 7.22. The molecule has 0 bridgehead atoms. The van der Waals surface area contributed by atoms with E-state index in [1.807, 2.05) is 38.1 Å². The Kier molecular flexibility index (Phi) is 4.46. The highest BCUT2D eigenvalue weighted by Crippen LogP contribution is 2.34. The first kappa shape index (κ1) is 13.9. The molecule has 1 atom stereocenters. The Hall–Kier alpha value is -1.51. The molecule has 0 aliphatic heterocycles. The van der Waals surface area contributed by atoms with Crippen LogP contribution < -0.4 is 10.6 Å². The molecule has 0 spiro atoms. The lowest BCUT2D eigenvalue weighted by Crippen LogP contribution is -2.30. The molecule has 2 N–H and O–H groups in total. The topological polar surface area (TPSA) is 41.1 Å². The van der Waals surface area contributed by atoms with Gasteiger partial charge in [0.15, 0.2) is 0 Å². The average molecular weight is 260 g/mol. The molecule has 3 heteroatoms. The molecule has 1 aliphatic rings. The molecule has 1 saturated carbocycles. The number of nitrogens with one attached hydrogen (secondary N) is 2. The molecule has 1 fully saturated rings. The van der Waals surface area contributed by atoms with Gasteiger partial charge in [-0.25, -0.2) is 0 Å². The number of hydrogen-bond donors (Lipinski definition) is 2. The van der Waals surface area contributed by atoms with Crippen LogP contribution in [0.4, 0.5) is 5.69 Å². The number of hydrogen-bond acceptors (Lipinski definition) is 2. The molecule has 1 unspecified atom stereocenters. The highest BCUT2D eigenvalue weighted by molar-refractivity contribution is 5.94. The second-order valence-electron chi connectivity index (χ2n) is 5.93. The maximum Gasteiger partial charge on any atom is 0.251 e. The monoisotopic (exact) mass is 260 g/mol. The maximum atomic E-state index is 11.8. The molecule has 0 radical (unpaired) electrons. The van der Waals surface area contributed by atoms with Gasteiger partial charge in [-0.1, -0.05) is 12.8 Å². The summed E-state index contributed by atoms with van der Waals surface area (Å²) in [5, 5.41) is 6.38. The predicted molar refractivity (Wildman–Crippen MR) is 79.5 cm³/mol. The van der Waals surface area contributed by atoms with Crippen molar-refractivity contribution in [3.05, 3.63) is 29.8 Å². The van der Waals surface area contributed by atoms with Crippen LogP contribution in [0, 0.1) is 5.92 Å². The summed E-state index contributed by atoms with van der Waals surface area (Å²) in [7, 11) is 0. The lowest BCUT2D eigenvalue weighted by atomic mass is 10.1. The SMILES string of the molecule is CC(C)NC(=O)c1ccc(NC(C)CC2CC2)cc1. The third-order valence-corrected chi connectivity index (χ3v) is 3.36. The van der Waals surface area contributed by atoms with Gasteiger partial charge in [0.25, 0.3) is 5.91 Å². The molecule has 104 valence electrons. The fourth-order valence-electron chi connectivity index (χ4n) is 2.26. The van der Waals surface area contributed by atoms with Crippen molar-refractivity contribution >= 4 is 11.6 Å². The van der Waals surface area contributed by atoms with Crippen LogP contribution in [0.15, 0.2) is 24.3 Å². The van der Waals surface area contributed by atoms with E-state index in [2.05, 4.69) is 17.6 Å². The fraction of sp³-hybridized carbons (Fsp3) is 0.562. The summed E-state index contributed by atoms with van der Waals surface area (Å²) in [6.07, 6.45) is 4.02. The van der Waals surface area contributed by atoms with Crippen LogP contribution in [-0.2, 0) is 0 Å².